The zero-order valence-corrected chi connectivity index (χ0v) is 16.7. The molecule has 148 valence electrons. The van der Waals surface area contributed by atoms with Crippen molar-refractivity contribution in [1.82, 2.24) is 0 Å². The van der Waals surface area contributed by atoms with E-state index in [9.17, 15) is 0 Å². The molecule has 6 heteroatoms. The van der Waals surface area contributed by atoms with Crippen LogP contribution in [0.3, 0.4) is 0 Å². The van der Waals surface area contributed by atoms with Crippen molar-refractivity contribution in [3.63, 3.8) is 0 Å². The molecule has 0 amide bonds. The van der Waals surface area contributed by atoms with Gasteiger partial charge < -0.3 is 28.4 Å². The van der Waals surface area contributed by atoms with Gasteiger partial charge in [0, 0.05) is 19.8 Å². The Bertz CT molecular complexity index is 510. The standard InChI is InChI=1S/C20H32O6/c1-8-17-12-18(24-14(5)21-9-2)20(26-16(7)23-11-4)19(13-17)25-15(6)22-10-3/h8,12-16H,1,9-11H2,2-7H3. The van der Waals surface area contributed by atoms with E-state index in [1.54, 1.807) is 6.08 Å². The molecule has 1 rings (SSSR count). The zero-order valence-electron chi connectivity index (χ0n) is 16.7. The van der Waals surface area contributed by atoms with E-state index in [0.29, 0.717) is 37.1 Å². The van der Waals surface area contributed by atoms with Gasteiger partial charge in [-0.05, 0) is 59.2 Å². The third-order valence-corrected chi connectivity index (χ3v) is 3.35. The highest BCUT2D eigenvalue weighted by molar-refractivity contribution is 5.61. The molecule has 1 aromatic rings. The van der Waals surface area contributed by atoms with Gasteiger partial charge in [-0.25, -0.2) is 0 Å². The largest absolute Gasteiger partial charge is 0.461 e. The van der Waals surface area contributed by atoms with E-state index in [-0.39, 0.29) is 0 Å². The highest BCUT2D eigenvalue weighted by Crippen LogP contribution is 2.41. The topological polar surface area (TPSA) is 55.4 Å². The summed E-state index contributed by atoms with van der Waals surface area (Å²) < 4.78 is 34.3. The monoisotopic (exact) mass is 368 g/mol. The number of hydrogen-bond acceptors (Lipinski definition) is 6. The molecule has 26 heavy (non-hydrogen) atoms. The smallest absolute Gasteiger partial charge is 0.206 e. The first-order valence-corrected chi connectivity index (χ1v) is 9.10. The van der Waals surface area contributed by atoms with Crippen molar-refractivity contribution in [2.45, 2.75) is 60.4 Å². The molecule has 0 aliphatic carbocycles. The van der Waals surface area contributed by atoms with Gasteiger partial charge in [-0.2, -0.15) is 0 Å². The maximum absolute atomic E-state index is 5.96. The van der Waals surface area contributed by atoms with Crippen molar-refractivity contribution in [3.8, 4) is 17.2 Å². The van der Waals surface area contributed by atoms with Crippen LogP contribution in [0.5, 0.6) is 17.2 Å². The fourth-order valence-electron chi connectivity index (χ4n) is 2.34. The van der Waals surface area contributed by atoms with Crippen molar-refractivity contribution in [2.75, 3.05) is 19.8 Å². The first kappa shape index (κ1) is 22.3. The molecule has 3 unspecified atom stereocenters. The van der Waals surface area contributed by atoms with Gasteiger partial charge in [-0.15, -0.1) is 0 Å². The van der Waals surface area contributed by atoms with Gasteiger partial charge in [0.25, 0.3) is 0 Å². The van der Waals surface area contributed by atoms with Crippen molar-refractivity contribution in [3.05, 3.63) is 24.3 Å². The number of ether oxygens (including phenoxy) is 6. The Hall–Kier alpha value is -1.76. The van der Waals surface area contributed by atoms with E-state index in [0.717, 1.165) is 5.56 Å². The van der Waals surface area contributed by atoms with E-state index in [1.165, 1.54) is 0 Å². The fourth-order valence-corrected chi connectivity index (χ4v) is 2.34. The van der Waals surface area contributed by atoms with Gasteiger partial charge in [-0.3, -0.25) is 0 Å². The summed E-state index contributed by atoms with van der Waals surface area (Å²) in [6.07, 6.45) is 0.361. The van der Waals surface area contributed by atoms with E-state index in [2.05, 4.69) is 6.58 Å². The molecule has 6 nitrogen and oxygen atoms in total. The predicted octanol–water partition coefficient (Wildman–Crippen LogP) is 4.61. The van der Waals surface area contributed by atoms with E-state index >= 15 is 0 Å². The van der Waals surface area contributed by atoms with Crippen molar-refractivity contribution in [1.29, 1.82) is 0 Å². The highest BCUT2D eigenvalue weighted by Gasteiger charge is 2.21. The molecule has 0 aliphatic heterocycles. The van der Waals surface area contributed by atoms with Crippen LogP contribution in [-0.4, -0.2) is 38.7 Å². The lowest BCUT2D eigenvalue weighted by molar-refractivity contribution is -0.0848. The molecular weight excluding hydrogens is 336 g/mol. The van der Waals surface area contributed by atoms with E-state index in [1.807, 2.05) is 53.7 Å². The van der Waals surface area contributed by atoms with Gasteiger partial charge in [0.15, 0.2) is 30.4 Å². The van der Waals surface area contributed by atoms with Gasteiger partial charge in [-0.1, -0.05) is 12.7 Å². The van der Waals surface area contributed by atoms with Crippen LogP contribution in [0.25, 0.3) is 6.08 Å². The molecule has 0 bridgehead atoms. The molecular formula is C20H32O6. The van der Waals surface area contributed by atoms with Crippen LogP contribution in [0, 0.1) is 0 Å². The van der Waals surface area contributed by atoms with Gasteiger partial charge in [0.2, 0.25) is 5.75 Å². The second-order valence-electron chi connectivity index (χ2n) is 5.47. The number of rotatable bonds is 13. The third-order valence-electron chi connectivity index (χ3n) is 3.35. The zero-order chi connectivity index (χ0) is 19.5. The van der Waals surface area contributed by atoms with Crippen LogP contribution in [-0.2, 0) is 14.2 Å². The molecule has 0 heterocycles. The van der Waals surface area contributed by atoms with Gasteiger partial charge in [0.1, 0.15) is 0 Å². The van der Waals surface area contributed by atoms with Gasteiger partial charge in [0.05, 0.1) is 0 Å². The average Bonchev–Trinajstić information content (AvgIpc) is 2.58. The Morgan fingerprint density at radius 3 is 1.50 bits per heavy atom. The summed E-state index contributed by atoms with van der Waals surface area (Å²) in [6, 6.07) is 3.66. The molecule has 0 fully saturated rings. The fraction of sp³-hybridized carbons (Fsp3) is 0.600. The average molecular weight is 368 g/mol. The van der Waals surface area contributed by atoms with Crippen LogP contribution >= 0.6 is 0 Å². The lowest BCUT2D eigenvalue weighted by Gasteiger charge is -2.24. The Morgan fingerprint density at radius 1 is 0.769 bits per heavy atom. The summed E-state index contributed by atoms with van der Waals surface area (Å²) in [5, 5.41) is 0. The van der Waals surface area contributed by atoms with E-state index in [4.69, 9.17) is 28.4 Å². The molecule has 0 aromatic heterocycles. The number of benzene rings is 1. The summed E-state index contributed by atoms with van der Waals surface area (Å²) in [4.78, 5) is 0. The minimum absolute atomic E-state index is 0.439. The summed E-state index contributed by atoms with van der Waals surface area (Å²) in [5.41, 5.74) is 0.832. The van der Waals surface area contributed by atoms with Crippen LogP contribution in [0.15, 0.2) is 18.7 Å². The Labute approximate surface area is 157 Å². The highest BCUT2D eigenvalue weighted by atomic mass is 16.7. The van der Waals surface area contributed by atoms with Crippen LogP contribution < -0.4 is 14.2 Å². The Morgan fingerprint density at radius 2 is 1.15 bits per heavy atom. The Balaban J connectivity index is 3.25. The second-order valence-corrected chi connectivity index (χ2v) is 5.47. The minimum atomic E-state index is -0.468. The molecule has 3 atom stereocenters. The van der Waals surface area contributed by atoms with Crippen molar-refractivity contribution in [2.24, 2.45) is 0 Å². The first-order valence-electron chi connectivity index (χ1n) is 9.10. The maximum Gasteiger partial charge on any atom is 0.206 e. The molecule has 0 spiro atoms. The predicted molar refractivity (Wildman–Crippen MR) is 102 cm³/mol. The van der Waals surface area contributed by atoms with Crippen molar-refractivity contribution < 1.29 is 28.4 Å². The summed E-state index contributed by atoms with van der Waals surface area (Å²) in [6.45, 7) is 16.6. The molecule has 0 aliphatic rings. The normalized spacial score (nSPS) is 14.4. The van der Waals surface area contributed by atoms with Crippen LogP contribution in [0.2, 0.25) is 0 Å². The second kappa shape index (κ2) is 11.8. The summed E-state index contributed by atoms with van der Waals surface area (Å²) >= 11 is 0. The minimum Gasteiger partial charge on any atom is -0.461 e. The molecule has 0 saturated heterocycles. The molecule has 0 saturated carbocycles. The van der Waals surface area contributed by atoms with Crippen LogP contribution in [0.1, 0.15) is 47.1 Å². The Kier molecular flexibility index (Phi) is 10.1. The molecule has 0 N–H and O–H groups in total. The third kappa shape index (κ3) is 7.23. The molecule has 1 aromatic carbocycles. The molecule has 0 radical (unpaired) electrons. The summed E-state index contributed by atoms with van der Waals surface area (Å²) in [7, 11) is 0. The van der Waals surface area contributed by atoms with Crippen LogP contribution in [0.4, 0.5) is 0 Å². The quantitative estimate of drug-likeness (QED) is 0.474. The van der Waals surface area contributed by atoms with Gasteiger partial charge >= 0.3 is 0 Å². The lowest BCUT2D eigenvalue weighted by atomic mass is 10.2. The SMILES string of the molecule is C=Cc1cc(OC(C)OCC)c(OC(C)OCC)c(OC(C)OCC)c1. The lowest BCUT2D eigenvalue weighted by Crippen LogP contribution is -2.21. The van der Waals surface area contributed by atoms with Crippen molar-refractivity contribution >= 4 is 6.08 Å². The maximum atomic E-state index is 5.96. The van der Waals surface area contributed by atoms with E-state index < -0.39 is 18.9 Å². The number of hydrogen-bond donors (Lipinski definition) is 0. The summed E-state index contributed by atoms with van der Waals surface area (Å²) in [5.74, 6) is 1.43. The first-order chi connectivity index (χ1) is 12.4.